The lowest BCUT2D eigenvalue weighted by atomic mass is 10.0. The van der Waals surface area contributed by atoms with Gasteiger partial charge >= 0.3 is 41.9 Å². The number of benzene rings is 2. The van der Waals surface area contributed by atoms with Crippen molar-refractivity contribution in [3.63, 3.8) is 0 Å². The lowest BCUT2D eigenvalue weighted by molar-refractivity contribution is -0.245. The number of fused-ring (bicyclic) bond motifs is 2. The van der Waals surface area contributed by atoms with E-state index in [0.29, 0.717) is 185 Å². The highest BCUT2D eigenvalue weighted by molar-refractivity contribution is 8.00. The van der Waals surface area contributed by atoms with E-state index in [9.17, 15) is 68.4 Å². The standard InChI is InChI=1S/C39H64N8O11S.C29H50N6O9.C10H16N2O3S.CH4/c48-34(7-4-3-6-33-38-32(28-59-33)42-39(54)43-38)40-13-5-1-2-8-35(49)41-30-11-9-29(10-12-30)24-31-25-46(26-36(50)51)17-16-44(20-22-57-55)14-15-45(21-23-58-56)18-19-47(31)27-37(52)53;30-9-3-1-2-4-27(36)31-25-7-5-24(6-8-25)20-26-21-34(22-28(37)38)13-12-32(16-18-43-41)10-11-33(17-19-44-42)14-15-35(26)23-29(39)40;13-8(14)4-2-1-3-7-9-6(5-16-7)11-10(15)12-9;/h9-12,31-33,38,55-56H,1-8,13-28H2,(H,40,48)(H,41,49)(H,50,51)(H,52,53)(H2,42,43,54);5-8,26,41-42H,1-4,9-23,30H2,(H,31,36)(H,37,38)(H,39,40);6-7,9H,1-5H2,(H,13,14)(H2,11,12,15);1H4. The van der Waals surface area contributed by atoms with E-state index >= 15 is 0 Å². The number of hydrogen-bond donors (Lipinski definition) is 17. The molecule has 2 aromatic rings. The molecule has 0 bridgehead atoms. The van der Waals surface area contributed by atoms with Crippen LogP contribution in [0.25, 0.3) is 0 Å². The monoisotopic (exact) mass is 1740 g/mol. The van der Waals surface area contributed by atoms with Crippen LogP contribution < -0.4 is 43.0 Å². The number of carbonyl (C=O) groups is 10. The number of rotatable bonds is 47. The Morgan fingerprint density at radius 2 is 0.750 bits per heavy atom. The zero-order valence-corrected chi connectivity index (χ0v) is 70.0. The molecule has 8 atom stereocenters. The molecule has 8 unspecified atom stereocenters. The summed E-state index contributed by atoms with van der Waals surface area (Å²) in [6.07, 6.45) is 12.5. The van der Waals surface area contributed by atoms with Crippen LogP contribution in [-0.4, -0.2) is 387 Å². The van der Waals surface area contributed by atoms with E-state index < -0.39 is 29.8 Å². The second-order valence-corrected chi connectivity index (χ2v) is 33.3. The van der Waals surface area contributed by atoms with E-state index in [0.717, 1.165) is 93.3 Å². The summed E-state index contributed by atoms with van der Waals surface area (Å²) in [5, 5.41) is 105. The second-order valence-electron chi connectivity index (χ2n) is 30.8. The Morgan fingerprint density at radius 3 is 1.11 bits per heavy atom. The molecule has 7 amide bonds. The van der Waals surface area contributed by atoms with Crippen LogP contribution in [0.5, 0.6) is 0 Å². The molecule has 41 heteroatoms. The molecule has 8 rings (SSSR count). The van der Waals surface area contributed by atoms with Gasteiger partial charge in [-0.1, -0.05) is 57.4 Å². The third kappa shape index (κ3) is 42.2. The summed E-state index contributed by atoms with van der Waals surface area (Å²) >= 11 is 3.75. The fourth-order valence-electron chi connectivity index (χ4n) is 15.4. The lowest BCUT2D eigenvalue weighted by Gasteiger charge is -2.38. The van der Waals surface area contributed by atoms with Gasteiger partial charge in [0.1, 0.15) is 0 Å². The summed E-state index contributed by atoms with van der Waals surface area (Å²) in [4.78, 5) is 151. The fourth-order valence-corrected chi connectivity index (χ4v) is 18.5. The van der Waals surface area contributed by atoms with Crippen molar-refractivity contribution in [2.75, 3.05) is 206 Å². The molecule has 6 aliphatic rings. The van der Waals surface area contributed by atoms with Crippen LogP contribution in [0.15, 0.2) is 48.5 Å². The summed E-state index contributed by atoms with van der Waals surface area (Å²) in [6, 6.07) is 14.8. The quantitative estimate of drug-likeness (QED) is 0.0196. The first kappa shape index (κ1) is 103. The number of carbonyl (C=O) groups excluding carboxylic acids is 5. The van der Waals surface area contributed by atoms with Crippen molar-refractivity contribution in [3.05, 3.63) is 59.7 Å². The zero-order valence-electron chi connectivity index (χ0n) is 68.4. The molecule has 18 N–H and O–H groups in total. The van der Waals surface area contributed by atoms with Crippen molar-refractivity contribution < 1.29 is 114 Å². The van der Waals surface area contributed by atoms with Crippen LogP contribution in [0, 0.1) is 0 Å². The maximum absolute atomic E-state index is 12.7. The molecule has 680 valence electrons. The third-order valence-corrected chi connectivity index (χ3v) is 24.8. The molecule has 6 fully saturated rings. The van der Waals surface area contributed by atoms with Crippen molar-refractivity contribution in [2.45, 2.75) is 170 Å². The fraction of sp³-hybridized carbons (Fsp3) is 0.722. The maximum atomic E-state index is 12.7. The molecule has 0 radical (unpaired) electrons. The van der Waals surface area contributed by atoms with Crippen molar-refractivity contribution in [1.29, 1.82) is 0 Å². The molecule has 0 spiro atoms. The first-order chi connectivity index (χ1) is 57.4. The number of nitrogens with zero attached hydrogens (tertiary/aromatic N) is 8. The number of anilines is 2. The topological polar surface area (TPSA) is 526 Å². The minimum absolute atomic E-state index is 0. The number of nitrogens with two attached hydrogens (primary N) is 1. The summed E-state index contributed by atoms with van der Waals surface area (Å²) < 4.78 is 0. The number of carboxylic acids is 5. The highest BCUT2D eigenvalue weighted by Crippen LogP contribution is 2.35. The highest BCUT2D eigenvalue weighted by Gasteiger charge is 2.44. The SMILES string of the molecule is C.NCCCCCC(=O)Nc1ccc(CC2CN(CC(=O)O)CCN(CCOO)CCN(CCOO)CCN2CC(=O)O)cc1.O=C(O)CCCCC1SCC2NC(=O)NC21.O=C(O)CN1CCN(CCOO)CCN(CCOO)CCN(CC(=O)O)C(Cc2ccc(NC(=O)CCCCCNC(=O)CCCCC3SCC4NC(=O)NC43)cc2)C1. The third-order valence-electron chi connectivity index (χ3n) is 21.8. The van der Waals surface area contributed by atoms with Gasteiger partial charge in [-0.25, -0.2) is 29.1 Å². The van der Waals surface area contributed by atoms with E-state index in [2.05, 4.69) is 76.4 Å². The lowest BCUT2D eigenvalue weighted by Crippen LogP contribution is -2.53. The maximum Gasteiger partial charge on any atom is 0.317 e. The Bertz CT molecular complexity index is 3340. The molecular weight excluding hydrogens is 1610 g/mol. The first-order valence-electron chi connectivity index (χ1n) is 41.5. The number of amides is 7. The largest absolute Gasteiger partial charge is 0.481 e. The summed E-state index contributed by atoms with van der Waals surface area (Å²) in [6.45, 7) is 8.71. The van der Waals surface area contributed by atoms with Crippen molar-refractivity contribution >= 4 is 94.5 Å². The van der Waals surface area contributed by atoms with E-state index in [1.54, 1.807) is 17.0 Å². The van der Waals surface area contributed by atoms with Gasteiger partial charge in [0.2, 0.25) is 17.7 Å². The molecule has 6 heterocycles. The molecule has 6 saturated heterocycles. The highest BCUT2D eigenvalue weighted by atomic mass is 32.2. The van der Waals surface area contributed by atoms with Crippen LogP contribution in [-0.2, 0) is 70.7 Å². The Hall–Kier alpha value is -7.24. The number of unbranched alkanes of at least 4 members (excludes halogenated alkanes) is 6. The Balaban J connectivity index is 0.000000366. The molecular formula is C79H134N16O23S2. The summed E-state index contributed by atoms with van der Waals surface area (Å²) in [5.41, 5.74) is 8.61. The van der Waals surface area contributed by atoms with E-state index in [1.165, 1.54) is 0 Å². The first-order valence-corrected chi connectivity index (χ1v) is 43.6. The Morgan fingerprint density at radius 1 is 0.408 bits per heavy atom. The van der Waals surface area contributed by atoms with Gasteiger partial charge in [0.05, 0.1) is 76.8 Å². The molecule has 120 heavy (non-hydrogen) atoms. The minimum Gasteiger partial charge on any atom is -0.481 e. The van der Waals surface area contributed by atoms with Crippen LogP contribution in [0.1, 0.15) is 121 Å². The number of hydrogen-bond acceptors (Lipinski definition) is 29. The van der Waals surface area contributed by atoms with E-state index in [1.807, 2.05) is 74.6 Å². The summed E-state index contributed by atoms with van der Waals surface area (Å²) in [5.74, 6) is -2.96. The number of urea groups is 2. The van der Waals surface area contributed by atoms with Gasteiger partial charge in [0.15, 0.2) is 0 Å². The van der Waals surface area contributed by atoms with Crippen molar-refractivity contribution in [3.8, 4) is 0 Å². The smallest absolute Gasteiger partial charge is 0.317 e. The molecule has 0 saturated carbocycles. The van der Waals surface area contributed by atoms with Crippen molar-refractivity contribution in [2.24, 2.45) is 5.73 Å². The van der Waals surface area contributed by atoms with Gasteiger partial charge in [-0.15, -0.1) is 0 Å². The van der Waals surface area contributed by atoms with Crippen molar-refractivity contribution in [1.82, 2.24) is 65.8 Å². The van der Waals surface area contributed by atoms with Gasteiger partial charge in [-0.3, -0.25) is 98.6 Å². The molecule has 0 aromatic heterocycles. The van der Waals surface area contributed by atoms with Crippen LogP contribution in [0.3, 0.4) is 0 Å². The van der Waals surface area contributed by atoms with E-state index in [4.69, 9.17) is 31.9 Å². The minimum atomic E-state index is -1.01. The molecule has 0 aliphatic carbocycles. The number of thioether (sulfide) groups is 2. The average molecular weight is 1740 g/mol. The van der Waals surface area contributed by atoms with Crippen LogP contribution >= 0.6 is 23.5 Å². The van der Waals surface area contributed by atoms with Gasteiger partial charge < -0.3 is 68.5 Å². The molecule has 6 aliphatic heterocycles. The van der Waals surface area contributed by atoms with Gasteiger partial charge in [-0.05, 0) is 106 Å². The van der Waals surface area contributed by atoms with Crippen LogP contribution in [0.4, 0.5) is 21.0 Å². The average Bonchev–Trinajstić information content (AvgIpc) is 1.67. The number of nitrogens with one attached hydrogen (secondary N) is 7. The summed E-state index contributed by atoms with van der Waals surface area (Å²) in [7, 11) is 0. The van der Waals surface area contributed by atoms with Crippen LogP contribution in [0.2, 0.25) is 0 Å². The van der Waals surface area contributed by atoms with Gasteiger partial charge in [0, 0.05) is 195 Å². The normalized spacial score (nSPS) is 22.0. The second kappa shape index (κ2) is 59.5. The Labute approximate surface area is 711 Å². The molecule has 2 aromatic carbocycles. The predicted molar refractivity (Wildman–Crippen MR) is 453 cm³/mol. The van der Waals surface area contributed by atoms with Gasteiger partial charge in [0.25, 0.3) is 0 Å². The Kier molecular flexibility index (Phi) is 51.3. The molecule has 39 nitrogen and oxygen atoms in total. The zero-order chi connectivity index (χ0) is 86.1. The predicted octanol–water partition coefficient (Wildman–Crippen LogP) is 3.17. The van der Waals surface area contributed by atoms with E-state index in [-0.39, 0.29) is 139 Å². The van der Waals surface area contributed by atoms with Gasteiger partial charge in [-0.2, -0.15) is 23.5 Å². The number of carboxylic acid groups (broad SMARTS) is 5. The number of aliphatic carboxylic acids is 5.